The Morgan fingerprint density at radius 3 is 2.68 bits per heavy atom. The molecule has 1 aromatic carbocycles. The molecule has 0 radical (unpaired) electrons. The van der Waals surface area contributed by atoms with E-state index in [1.165, 1.54) is 0 Å². The fraction of sp³-hybridized carbons (Fsp3) is 0.462. The minimum atomic E-state index is 0.464. The van der Waals surface area contributed by atoms with Gasteiger partial charge in [-0.1, -0.05) is 38.4 Å². The molecule has 0 saturated heterocycles. The molecule has 1 heterocycles. The predicted octanol–water partition coefficient (Wildman–Crippen LogP) is 2.87. The Hall–Kier alpha value is -1.62. The largest absolute Gasteiger partial charge is 0.398 e. The van der Waals surface area contributed by atoms with Crippen LogP contribution in [0.25, 0.3) is 11.4 Å². The Bertz CT molecular complexity index is 544. The van der Waals surface area contributed by atoms with Gasteiger partial charge >= 0.3 is 0 Å². The number of hydrogen-bond acceptors (Lipinski definition) is 4. The summed E-state index contributed by atoms with van der Waals surface area (Å²) in [5.41, 5.74) is 7.26. The molecule has 5 nitrogen and oxygen atoms in total. The van der Waals surface area contributed by atoms with Crippen molar-refractivity contribution in [2.24, 2.45) is 11.8 Å². The van der Waals surface area contributed by atoms with E-state index in [-0.39, 0.29) is 0 Å². The second-order valence-corrected chi connectivity index (χ2v) is 5.52. The fourth-order valence-corrected chi connectivity index (χ4v) is 2.03. The van der Waals surface area contributed by atoms with E-state index < -0.39 is 0 Å². The number of anilines is 1. The molecule has 0 amide bonds. The Labute approximate surface area is 117 Å². The highest BCUT2D eigenvalue weighted by Crippen LogP contribution is 2.31. The molecule has 0 saturated carbocycles. The Balaban J connectivity index is 2.39. The van der Waals surface area contributed by atoms with Crippen LogP contribution in [0.2, 0.25) is 5.02 Å². The maximum atomic E-state index is 6.20. The lowest BCUT2D eigenvalue weighted by atomic mass is 9.98. The second-order valence-electron chi connectivity index (χ2n) is 5.11. The summed E-state index contributed by atoms with van der Waals surface area (Å²) in [5, 5.41) is 12.4. The number of aromatic nitrogens is 4. The summed E-state index contributed by atoms with van der Waals surface area (Å²) in [4.78, 5) is 0. The van der Waals surface area contributed by atoms with Crippen LogP contribution < -0.4 is 5.73 Å². The highest BCUT2D eigenvalue weighted by Gasteiger charge is 2.18. The molecule has 0 aliphatic rings. The maximum absolute atomic E-state index is 6.20. The van der Waals surface area contributed by atoms with Crippen LogP contribution in [0.4, 0.5) is 5.69 Å². The molecule has 0 aliphatic carbocycles. The van der Waals surface area contributed by atoms with Crippen molar-refractivity contribution in [1.29, 1.82) is 0 Å². The molecule has 2 N–H and O–H groups in total. The third-order valence-corrected chi connectivity index (χ3v) is 3.72. The zero-order chi connectivity index (χ0) is 14.0. The van der Waals surface area contributed by atoms with Gasteiger partial charge in [0.1, 0.15) is 0 Å². The summed E-state index contributed by atoms with van der Waals surface area (Å²) in [6.07, 6.45) is 0. The minimum Gasteiger partial charge on any atom is -0.398 e. The van der Waals surface area contributed by atoms with Crippen molar-refractivity contribution in [1.82, 2.24) is 20.2 Å². The minimum absolute atomic E-state index is 0.464. The first-order valence-corrected chi connectivity index (χ1v) is 6.69. The molecule has 0 fully saturated rings. The van der Waals surface area contributed by atoms with E-state index in [4.69, 9.17) is 17.3 Å². The van der Waals surface area contributed by atoms with E-state index >= 15 is 0 Å². The van der Waals surface area contributed by atoms with Crippen molar-refractivity contribution < 1.29 is 0 Å². The zero-order valence-corrected chi connectivity index (χ0v) is 12.1. The highest BCUT2D eigenvalue weighted by molar-refractivity contribution is 6.33. The third-order valence-electron chi connectivity index (χ3n) is 3.40. The van der Waals surface area contributed by atoms with Crippen molar-refractivity contribution in [3.8, 4) is 11.4 Å². The fourth-order valence-electron chi connectivity index (χ4n) is 1.77. The predicted molar refractivity (Wildman–Crippen MR) is 76.7 cm³/mol. The van der Waals surface area contributed by atoms with E-state index in [0.717, 1.165) is 6.54 Å². The quantitative estimate of drug-likeness (QED) is 0.874. The first-order chi connectivity index (χ1) is 9.00. The normalized spacial score (nSPS) is 12.9. The first-order valence-electron chi connectivity index (χ1n) is 6.31. The van der Waals surface area contributed by atoms with Gasteiger partial charge < -0.3 is 5.73 Å². The number of halogens is 1. The van der Waals surface area contributed by atoms with Crippen molar-refractivity contribution in [3.05, 3.63) is 23.2 Å². The third kappa shape index (κ3) is 2.87. The number of tetrazole rings is 1. The van der Waals surface area contributed by atoms with E-state index in [2.05, 4.69) is 36.3 Å². The molecule has 102 valence electrons. The Kier molecular flexibility index (Phi) is 4.04. The number of nitrogens with zero attached hydrogens (tertiary/aromatic N) is 4. The molecule has 1 unspecified atom stereocenters. The lowest BCUT2D eigenvalue weighted by molar-refractivity contribution is 0.347. The summed E-state index contributed by atoms with van der Waals surface area (Å²) >= 11 is 6.20. The molecule has 6 heteroatoms. The molecule has 2 aromatic rings. The van der Waals surface area contributed by atoms with Crippen LogP contribution in [0.5, 0.6) is 0 Å². The summed E-state index contributed by atoms with van der Waals surface area (Å²) in [6, 6.07) is 5.40. The average molecular weight is 280 g/mol. The summed E-state index contributed by atoms with van der Waals surface area (Å²) in [5.74, 6) is 1.64. The summed E-state index contributed by atoms with van der Waals surface area (Å²) in [7, 11) is 0. The van der Waals surface area contributed by atoms with Gasteiger partial charge in [-0.25, -0.2) is 4.68 Å². The van der Waals surface area contributed by atoms with E-state index in [1.807, 2.05) is 6.07 Å². The van der Waals surface area contributed by atoms with Crippen LogP contribution in [0, 0.1) is 11.8 Å². The molecule has 1 atom stereocenters. The monoisotopic (exact) mass is 279 g/mol. The number of nitrogens with two attached hydrogens (primary N) is 1. The maximum Gasteiger partial charge on any atom is 0.185 e. The number of benzene rings is 1. The van der Waals surface area contributed by atoms with Crippen LogP contribution >= 0.6 is 11.6 Å². The molecule has 1 aromatic heterocycles. The van der Waals surface area contributed by atoms with Gasteiger partial charge in [-0.3, -0.25) is 0 Å². The summed E-state index contributed by atoms with van der Waals surface area (Å²) in [6.45, 7) is 7.27. The lowest BCUT2D eigenvalue weighted by Crippen LogP contribution is -2.15. The van der Waals surface area contributed by atoms with Gasteiger partial charge in [0.15, 0.2) is 5.82 Å². The smallest absolute Gasteiger partial charge is 0.185 e. The topological polar surface area (TPSA) is 69.6 Å². The van der Waals surface area contributed by atoms with Gasteiger partial charge in [0, 0.05) is 12.2 Å². The molecule has 0 aliphatic heterocycles. The average Bonchev–Trinajstić information content (AvgIpc) is 2.77. The van der Waals surface area contributed by atoms with E-state index in [1.54, 1.807) is 16.8 Å². The molecule has 0 bridgehead atoms. The molecular formula is C13H18ClN5. The first kappa shape index (κ1) is 13.8. The summed E-state index contributed by atoms with van der Waals surface area (Å²) < 4.78 is 1.77. The van der Waals surface area contributed by atoms with Crippen molar-refractivity contribution in [2.45, 2.75) is 27.3 Å². The van der Waals surface area contributed by atoms with Gasteiger partial charge in [0.25, 0.3) is 0 Å². The van der Waals surface area contributed by atoms with E-state index in [0.29, 0.717) is 33.9 Å². The standard InChI is InChI=1S/C13H18ClN5/c1-8(2)9(3)7-19-13(16-17-18-19)12-10(14)5-4-6-11(12)15/h4-6,8-9H,7,15H2,1-3H3. The van der Waals surface area contributed by atoms with Gasteiger partial charge in [0.2, 0.25) is 0 Å². The Morgan fingerprint density at radius 2 is 2.05 bits per heavy atom. The van der Waals surface area contributed by atoms with Crippen molar-refractivity contribution in [3.63, 3.8) is 0 Å². The van der Waals surface area contributed by atoms with Crippen LogP contribution in [0.1, 0.15) is 20.8 Å². The van der Waals surface area contributed by atoms with Crippen molar-refractivity contribution in [2.75, 3.05) is 5.73 Å². The van der Waals surface area contributed by atoms with Crippen LogP contribution in [-0.2, 0) is 6.54 Å². The zero-order valence-electron chi connectivity index (χ0n) is 11.3. The van der Waals surface area contributed by atoms with Crippen LogP contribution in [0.3, 0.4) is 0 Å². The molecule has 19 heavy (non-hydrogen) atoms. The molecular weight excluding hydrogens is 262 g/mol. The molecule has 2 rings (SSSR count). The van der Waals surface area contributed by atoms with Crippen LogP contribution in [-0.4, -0.2) is 20.2 Å². The SMILES string of the molecule is CC(C)C(C)Cn1nnnc1-c1c(N)cccc1Cl. The van der Waals surface area contributed by atoms with Crippen LogP contribution in [0.15, 0.2) is 18.2 Å². The van der Waals surface area contributed by atoms with Crippen molar-refractivity contribution >= 4 is 17.3 Å². The second kappa shape index (κ2) is 5.57. The number of rotatable bonds is 4. The van der Waals surface area contributed by atoms with Gasteiger partial charge in [-0.2, -0.15) is 0 Å². The highest BCUT2D eigenvalue weighted by atomic mass is 35.5. The number of hydrogen-bond donors (Lipinski definition) is 1. The van der Waals surface area contributed by atoms with Gasteiger partial charge in [-0.05, 0) is 34.4 Å². The Morgan fingerprint density at radius 1 is 1.32 bits per heavy atom. The van der Waals surface area contributed by atoms with Gasteiger partial charge in [-0.15, -0.1) is 5.10 Å². The van der Waals surface area contributed by atoms with E-state index in [9.17, 15) is 0 Å². The molecule has 0 spiro atoms. The number of nitrogen functional groups attached to an aromatic ring is 1. The lowest BCUT2D eigenvalue weighted by Gasteiger charge is -2.16. The van der Waals surface area contributed by atoms with Gasteiger partial charge in [0.05, 0.1) is 10.6 Å².